The molecule has 0 spiro atoms. The number of hydrogen-bond acceptors (Lipinski definition) is 5. The minimum atomic E-state index is -0.173. The van der Waals surface area contributed by atoms with Crippen molar-refractivity contribution >= 4 is 23.3 Å². The lowest BCUT2D eigenvalue weighted by molar-refractivity contribution is 0.0640. The van der Waals surface area contributed by atoms with Crippen LogP contribution in [0.3, 0.4) is 0 Å². The van der Waals surface area contributed by atoms with Gasteiger partial charge in [0.2, 0.25) is 0 Å². The molecule has 2 rings (SSSR count). The summed E-state index contributed by atoms with van der Waals surface area (Å²) in [7, 11) is 1.60. The van der Waals surface area contributed by atoms with Gasteiger partial charge in [0.15, 0.2) is 0 Å². The van der Waals surface area contributed by atoms with Crippen molar-refractivity contribution in [2.24, 2.45) is 0 Å². The molecule has 8 heteroatoms. The van der Waals surface area contributed by atoms with Crippen LogP contribution in [0.15, 0.2) is 16.8 Å². The Hall–Kier alpha value is -1.64. The van der Waals surface area contributed by atoms with Gasteiger partial charge in [-0.2, -0.15) is 11.3 Å². The van der Waals surface area contributed by atoms with Crippen LogP contribution in [0.25, 0.3) is 0 Å². The van der Waals surface area contributed by atoms with E-state index in [-0.39, 0.29) is 11.9 Å². The number of methoxy groups -OCH3 is 1. The van der Waals surface area contributed by atoms with Gasteiger partial charge in [-0.05, 0) is 11.4 Å². The van der Waals surface area contributed by atoms with Gasteiger partial charge in [0, 0.05) is 58.3 Å². The number of ether oxygens (including phenoxy) is 1. The van der Waals surface area contributed by atoms with Gasteiger partial charge in [-0.25, -0.2) is 4.79 Å². The van der Waals surface area contributed by atoms with Crippen molar-refractivity contribution in [2.45, 2.75) is 0 Å². The summed E-state index contributed by atoms with van der Waals surface area (Å²) in [6, 6.07) is 1.69. The number of rotatable bonds is 7. The molecule has 0 bridgehead atoms. The molecule has 7 nitrogen and oxygen atoms in total. The molecule has 3 amide bonds. The molecule has 0 unspecified atom stereocenters. The molecule has 0 atom stereocenters. The molecule has 1 fully saturated rings. The first-order valence-electron chi connectivity index (χ1n) is 7.75. The van der Waals surface area contributed by atoms with Gasteiger partial charge in [-0.1, -0.05) is 0 Å². The Morgan fingerprint density at radius 1 is 1.22 bits per heavy atom. The zero-order valence-electron chi connectivity index (χ0n) is 13.4. The van der Waals surface area contributed by atoms with Crippen LogP contribution in [-0.4, -0.2) is 81.3 Å². The first kappa shape index (κ1) is 17.7. The molecule has 2 heterocycles. The molecule has 23 heavy (non-hydrogen) atoms. The fourth-order valence-electron chi connectivity index (χ4n) is 2.40. The summed E-state index contributed by atoms with van der Waals surface area (Å²) in [6.07, 6.45) is 0. The highest BCUT2D eigenvalue weighted by atomic mass is 32.1. The number of hydrogen-bond donors (Lipinski definition) is 2. The highest BCUT2D eigenvalue weighted by molar-refractivity contribution is 7.08. The third-order valence-corrected chi connectivity index (χ3v) is 4.42. The zero-order valence-corrected chi connectivity index (χ0v) is 14.2. The minimum Gasteiger partial charge on any atom is -0.383 e. The lowest BCUT2D eigenvalue weighted by atomic mass is 10.2. The molecular weight excluding hydrogens is 316 g/mol. The molecule has 0 aromatic carbocycles. The van der Waals surface area contributed by atoms with Crippen LogP contribution in [0.2, 0.25) is 0 Å². The predicted molar refractivity (Wildman–Crippen MR) is 89.9 cm³/mol. The summed E-state index contributed by atoms with van der Waals surface area (Å²) in [5, 5.41) is 9.35. The maximum atomic E-state index is 12.2. The Kier molecular flexibility index (Phi) is 7.31. The normalized spacial score (nSPS) is 15.4. The summed E-state index contributed by atoms with van der Waals surface area (Å²) in [6.45, 7) is 5.53. The van der Waals surface area contributed by atoms with Crippen LogP contribution in [0, 0.1) is 0 Å². The number of carbonyl (C=O) groups is 2. The lowest BCUT2D eigenvalue weighted by Gasteiger charge is -2.34. The second-order valence-corrected chi connectivity index (χ2v) is 6.10. The zero-order chi connectivity index (χ0) is 16.5. The van der Waals surface area contributed by atoms with E-state index in [2.05, 4.69) is 15.5 Å². The van der Waals surface area contributed by atoms with Gasteiger partial charge in [0.25, 0.3) is 5.91 Å². The Balaban J connectivity index is 1.60. The number of carbonyl (C=O) groups excluding carboxylic acids is 2. The van der Waals surface area contributed by atoms with Crippen LogP contribution in [0.5, 0.6) is 0 Å². The van der Waals surface area contributed by atoms with E-state index in [0.29, 0.717) is 19.7 Å². The number of piperazine rings is 1. The van der Waals surface area contributed by atoms with Crippen molar-refractivity contribution in [3.8, 4) is 0 Å². The van der Waals surface area contributed by atoms with E-state index in [9.17, 15) is 9.59 Å². The van der Waals surface area contributed by atoms with E-state index < -0.39 is 0 Å². The summed E-state index contributed by atoms with van der Waals surface area (Å²) in [4.78, 5) is 27.9. The Labute approximate surface area is 140 Å². The number of urea groups is 1. The smallest absolute Gasteiger partial charge is 0.314 e. The maximum absolute atomic E-state index is 12.2. The summed E-state index contributed by atoms with van der Waals surface area (Å²) < 4.78 is 4.87. The van der Waals surface area contributed by atoms with Crippen molar-refractivity contribution in [3.63, 3.8) is 0 Å². The fraction of sp³-hybridized carbons (Fsp3) is 0.600. The Morgan fingerprint density at radius 3 is 2.61 bits per heavy atom. The largest absolute Gasteiger partial charge is 0.383 e. The minimum absolute atomic E-state index is 0.113. The van der Waals surface area contributed by atoms with Gasteiger partial charge < -0.3 is 20.3 Å². The van der Waals surface area contributed by atoms with Crippen molar-refractivity contribution in [1.29, 1.82) is 0 Å². The van der Waals surface area contributed by atoms with Crippen molar-refractivity contribution in [1.82, 2.24) is 20.4 Å². The SMILES string of the molecule is COCCNC(=O)NCCN1CCN(C(=O)c2ccsc2)CC1. The topological polar surface area (TPSA) is 73.9 Å². The maximum Gasteiger partial charge on any atom is 0.314 e. The molecule has 1 aromatic heterocycles. The van der Waals surface area contributed by atoms with Crippen LogP contribution >= 0.6 is 11.3 Å². The average Bonchev–Trinajstić information content (AvgIpc) is 3.09. The molecule has 128 valence electrons. The van der Waals surface area contributed by atoms with Crippen LogP contribution in [0.4, 0.5) is 4.79 Å². The standard InChI is InChI=1S/C15H24N4O3S/c1-22-10-4-17-15(21)16-3-5-18-6-8-19(9-7-18)14(20)13-2-11-23-12-13/h2,11-12H,3-10H2,1H3,(H2,16,17,21). The van der Waals surface area contributed by atoms with Gasteiger partial charge in [0.1, 0.15) is 0 Å². The van der Waals surface area contributed by atoms with E-state index in [4.69, 9.17) is 4.74 Å². The average molecular weight is 340 g/mol. The fourth-order valence-corrected chi connectivity index (χ4v) is 3.03. The van der Waals surface area contributed by atoms with Crippen LogP contribution in [0.1, 0.15) is 10.4 Å². The van der Waals surface area contributed by atoms with E-state index in [1.165, 1.54) is 0 Å². The Bertz CT molecular complexity index is 487. The number of amides is 3. The molecule has 1 aromatic rings. The third kappa shape index (κ3) is 5.81. The van der Waals surface area contributed by atoms with E-state index in [0.717, 1.165) is 38.3 Å². The second kappa shape index (κ2) is 9.49. The summed E-state index contributed by atoms with van der Waals surface area (Å²) in [5.41, 5.74) is 0.776. The van der Waals surface area contributed by atoms with Crippen molar-refractivity contribution in [2.75, 3.05) is 59.5 Å². The first-order valence-corrected chi connectivity index (χ1v) is 8.69. The van der Waals surface area contributed by atoms with Gasteiger partial charge in [-0.3, -0.25) is 9.69 Å². The number of nitrogens with one attached hydrogen (secondary N) is 2. The lowest BCUT2D eigenvalue weighted by Crippen LogP contribution is -2.50. The molecule has 1 aliphatic rings. The van der Waals surface area contributed by atoms with Gasteiger partial charge >= 0.3 is 6.03 Å². The number of nitrogens with zero attached hydrogens (tertiary/aromatic N) is 2. The van der Waals surface area contributed by atoms with Crippen molar-refractivity contribution < 1.29 is 14.3 Å². The predicted octanol–water partition coefficient (Wildman–Crippen LogP) is 0.452. The van der Waals surface area contributed by atoms with E-state index in [1.807, 2.05) is 21.7 Å². The quantitative estimate of drug-likeness (QED) is 0.707. The number of thiophene rings is 1. The molecule has 0 aliphatic carbocycles. The third-order valence-electron chi connectivity index (χ3n) is 3.73. The van der Waals surface area contributed by atoms with Crippen LogP contribution < -0.4 is 10.6 Å². The molecule has 0 radical (unpaired) electrons. The molecule has 1 saturated heterocycles. The molecule has 2 N–H and O–H groups in total. The van der Waals surface area contributed by atoms with Gasteiger partial charge in [-0.15, -0.1) is 0 Å². The highest BCUT2D eigenvalue weighted by Gasteiger charge is 2.22. The van der Waals surface area contributed by atoms with E-state index >= 15 is 0 Å². The molecule has 0 saturated carbocycles. The van der Waals surface area contributed by atoms with Crippen LogP contribution in [-0.2, 0) is 4.74 Å². The highest BCUT2D eigenvalue weighted by Crippen LogP contribution is 2.11. The second-order valence-electron chi connectivity index (χ2n) is 5.32. The van der Waals surface area contributed by atoms with Gasteiger partial charge in [0.05, 0.1) is 12.2 Å². The molecule has 1 aliphatic heterocycles. The van der Waals surface area contributed by atoms with E-state index in [1.54, 1.807) is 18.4 Å². The first-order chi connectivity index (χ1) is 11.2. The summed E-state index contributed by atoms with van der Waals surface area (Å²) >= 11 is 1.54. The van der Waals surface area contributed by atoms with Crippen molar-refractivity contribution in [3.05, 3.63) is 22.4 Å². The summed E-state index contributed by atoms with van der Waals surface area (Å²) in [5.74, 6) is 0.113. The monoisotopic (exact) mass is 340 g/mol. The molecular formula is C15H24N4O3S. The Morgan fingerprint density at radius 2 is 1.96 bits per heavy atom.